The maximum absolute atomic E-state index is 11.7. The van der Waals surface area contributed by atoms with Gasteiger partial charge in [-0.15, -0.1) is 24.0 Å². The Morgan fingerprint density at radius 2 is 2.24 bits per heavy atom. The lowest BCUT2D eigenvalue weighted by Crippen LogP contribution is -2.38. The number of hydrogen-bond donors (Lipinski definition) is 4. The van der Waals surface area contributed by atoms with E-state index < -0.39 is 0 Å². The molecule has 0 aliphatic carbocycles. The summed E-state index contributed by atoms with van der Waals surface area (Å²) in [5, 5.41) is 12.3. The average molecular weight is 456 g/mol. The van der Waals surface area contributed by atoms with E-state index in [1.165, 1.54) is 6.20 Å². The molecular weight excluding hydrogens is 435 g/mol. The van der Waals surface area contributed by atoms with Gasteiger partial charge in [0.05, 0.1) is 19.2 Å². The Hall–Kier alpha value is -2.30. The van der Waals surface area contributed by atoms with Gasteiger partial charge in [-0.1, -0.05) is 18.2 Å². The monoisotopic (exact) mass is 456 g/mol. The van der Waals surface area contributed by atoms with E-state index in [-0.39, 0.29) is 35.9 Å². The highest BCUT2D eigenvalue weighted by Gasteiger charge is 2.21. The zero-order valence-electron chi connectivity index (χ0n) is 13.6. The summed E-state index contributed by atoms with van der Waals surface area (Å²) in [4.78, 5) is 16.0. The standard InChI is InChI=1S/C16H20N6O2.HI/c17-16(19-9-8-18-15(23)13-5-7-20-22-13)21-12-6-10-24-14-4-2-1-3-11(12)14;/h1-5,7,12H,6,8-10H2,(H,18,23)(H,20,22)(H3,17,19,21);1H. The van der Waals surface area contributed by atoms with E-state index >= 15 is 0 Å². The number of halogens is 1. The van der Waals surface area contributed by atoms with Gasteiger partial charge in [0.2, 0.25) is 0 Å². The van der Waals surface area contributed by atoms with Gasteiger partial charge in [0, 0.05) is 24.7 Å². The summed E-state index contributed by atoms with van der Waals surface area (Å²) >= 11 is 0. The predicted octanol–water partition coefficient (Wildman–Crippen LogP) is 1.19. The molecule has 0 radical (unpaired) electrons. The molecule has 0 bridgehead atoms. The van der Waals surface area contributed by atoms with Crippen LogP contribution in [0, 0.1) is 0 Å². The number of fused-ring (bicyclic) bond motifs is 1. The molecule has 1 aliphatic rings. The van der Waals surface area contributed by atoms with Crippen molar-refractivity contribution in [3.05, 3.63) is 47.8 Å². The number of rotatable bonds is 5. The fourth-order valence-corrected chi connectivity index (χ4v) is 2.54. The van der Waals surface area contributed by atoms with E-state index in [4.69, 9.17) is 10.5 Å². The summed E-state index contributed by atoms with van der Waals surface area (Å²) in [5.41, 5.74) is 7.44. The molecule has 5 N–H and O–H groups in total. The molecule has 1 aromatic heterocycles. The number of benzene rings is 1. The molecule has 8 nitrogen and oxygen atoms in total. The summed E-state index contributed by atoms with van der Waals surface area (Å²) in [5.74, 6) is 1.01. The van der Waals surface area contributed by atoms with Crippen molar-refractivity contribution in [2.24, 2.45) is 10.7 Å². The summed E-state index contributed by atoms with van der Waals surface area (Å²) in [6.45, 7) is 1.43. The van der Waals surface area contributed by atoms with Crippen LogP contribution in [0.15, 0.2) is 41.5 Å². The van der Waals surface area contributed by atoms with Crippen molar-refractivity contribution in [2.75, 3.05) is 19.7 Å². The maximum atomic E-state index is 11.7. The molecule has 3 rings (SSSR count). The van der Waals surface area contributed by atoms with Crippen LogP contribution in [0.25, 0.3) is 0 Å². The quantitative estimate of drug-likeness (QED) is 0.233. The molecule has 9 heteroatoms. The van der Waals surface area contributed by atoms with Gasteiger partial charge in [0.25, 0.3) is 5.91 Å². The number of para-hydroxylation sites is 1. The number of carbonyl (C=O) groups is 1. The SMILES string of the molecule is I.NC(=NCCNC(=O)c1ccn[nH]1)NC1CCOc2ccccc21. The highest BCUT2D eigenvalue weighted by atomic mass is 127. The van der Waals surface area contributed by atoms with Crippen molar-refractivity contribution >= 4 is 35.8 Å². The van der Waals surface area contributed by atoms with Crippen molar-refractivity contribution in [3.63, 3.8) is 0 Å². The van der Waals surface area contributed by atoms with Gasteiger partial charge in [0.1, 0.15) is 11.4 Å². The second-order valence-corrected chi connectivity index (χ2v) is 5.37. The first kappa shape index (κ1) is 19.0. The van der Waals surface area contributed by atoms with Gasteiger partial charge in [0.15, 0.2) is 5.96 Å². The van der Waals surface area contributed by atoms with E-state index in [0.717, 1.165) is 17.7 Å². The first-order valence-corrected chi connectivity index (χ1v) is 7.80. The number of ether oxygens (including phenoxy) is 1. The highest BCUT2D eigenvalue weighted by Crippen LogP contribution is 2.31. The molecule has 1 unspecified atom stereocenters. The third-order valence-corrected chi connectivity index (χ3v) is 3.71. The van der Waals surface area contributed by atoms with E-state index in [1.54, 1.807) is 6.07 Å². The van der Waals surface area contributed by atoms with E-state index in [2.05, 4.69) is 25.8 Å². The molecular formula is C16H21IN6O2. The Balaban J connectivity index is 0.00000225. The van der Waals surface area contributed by atoms with Crippen molar-refractivity contribution in [1.29, 1.82) is 0 Å². The molecule has 1 aromatic carbocycles. The number of aliphatic imine (C=N–C) groups is 1. The first-order valence-electron chi connectivity index (χ1n) is 7.80. The number of aromatic nitrogens is 2. The maximum Gasteiger partial charge on any atom is 0.269 e. The number of aromatic amines is 1. The number of nitrogens with two attached hydrogens (primary N) is 1. The Morgan fingerprint density at radius 1 is 1.40 bits per heavy atom. The first-order chi connectivity index (χ1) is 11.7. The Kier molecular flexibility index (Phi) is 7.04. The molecule has 0 saturated carbocycles. The molecule has 0 saturated heterocycles. The molecule has 1 atom stereocenters. The van der Waals surface area contributed by atoms with Crippen LogP contribution in [0.2, 0.25) is 0 Å². The highest BCUT2D eigenvalue weighted by molar-refractivity contribution is 14.0. The van der Waals surface area contributed by atoms with Crippen molar-refractivity contribution < 1.29 is 9.53 Å². The molecule has 1 amide bonds. The molecule has 2 aromatic rings. The molecule has 2 heterocycles. The lowest BCUT2D eigenvalue weighted by molar-refractivity contribution is 0.0950. The predicted molar refractivity (Wildman–Crippen MR) is 105 cm³/mol. The average Bonchev–Trinajstić information content (AvgIpc) is 3.14. The van der Waals surface area contributed by atoms with E-state index in [9.17, 15) is 4.79 Å². The smallest absolute Gasteiger partial charge is 0.269 e. The summed E-state index contributed by atoms with van der Waals surface area (Å²) in [7, 11) is 0. The van der Waals surface area contributed by atoms with Crippen molar-refractivity contribution in [3.8, 4) is 5.75 Å². The number of nitrogens with zero attached hydrogens (tertiary/aromatic N) is 2. The van der Waals surface area contributed by atoms with Crippen LogP contribution in [0.5, 0.6) is 5.75 Å². The topological polar surface area (TPSA) is 117 Å². The minimum Gasteiger partial charge on any atom is -0.493 e. The number of nitrogens with one attached hydrogen (secondary N) is 3. The van der Waals surface area contributed by atoms with Gasteiger partial charge in [-0.2, -0.15) is 5.10 Å². The molecule has 0 fully saturated rings. The molecule has 0 spiro atoms. The van der Waals surface area contributed by atoms with Gasteiger partial charge >= 0.3 is 0 Å². The van der Waals surface area contributed by atoms with Gasteiger partial charge < -0.3 is 21.1 Å². The number of hydrogen-bond acceptors (Lipinski definition) is 4. The lowest BCUT2D eigenvalue weighted by Gasteiger charge is -2.26. The minimum atomic E-state index is -0.215. The number of carbonyl (C=O) groups excluding carboxylic acids is 1. The number of guanidine groups is 1. The van der Waals surface area contributed by atoms with Crippen LogP contribution >= 0.6 is 24.0 Å². The van der Waals surface area contributed by atoms with Gasteiger partial charge in [-0.05, 0) is 12.1 Å². The second-order valence-electron chi connectivity index (χ2n) is 5.37. The van der Waals surface area contributed by atoms with E-state index in [0.29, 0.717) is 31.3 Å². The fourth-order valence-electron chi connectivity index (χ4n) is 2.54. The van der Waals surface area contributed by atoms with Crippen LogP contribution in [-0.2, 0) is 0 Å². The Bertz CT molecular complexity index is 719. The lowest BCUT2D eigenvalue weighted by atomic mass is 10.0. The van der Waals surface area contributed by atoms with E-state index in [1.807, 2.05) is 24.3 Å². The molecule has 25 heavy (non-hydrogen) atoms. The van der Waals surface area contributed by atoms with Crippen molar-refractivity contribution in [1.82, 2.24) is 20.8 Å². The number of H-pyrrole nitrogens is 1. The molecule has 134 valence electrons. The minimum absolute atomic E-state index is 0. The van der Waals surface area contributed by atoms with Gasteiger partial charge in [-0.25, -0.2) is 0 Å². The normalized spacial score (nSPS) is 16.2. The van der Waals surface area contributed by atoms with Crippen LogP contribution < -0.4 is 21.1 Å². The summed E-state index contributed by atoms with van der Waals surface area (Å²) in [6.07, 6.45) is 2.35. The Labute approximate surface area is 162 Å². The van der Waals surface area contributed by atoms with Gasteiger partial charge in [-0.3, -0.25) is 14.9 Å². The largest absolute Gasteiger partial charge is 0.493 e. The summed E-state index contributed by atoms with van der Waals surface area (Å²) in [6, 6.07) is 9.57. The second kappa shape index (κ2) is 9.25. The number of amides is 1. The van der Waals surface area contributed by atoms with Crippen molar-refractivity contribution in [2.45, 2.75) is 12.5 Å². The molecule has 1 aliphatic heterocycles. The fraction of sp³-hybridized carbons (Fsp3) is 0.312. The summed E-state index contributed by atoms with van der Waals surface area (Å²) < 4.78 is 5.62. The van der Waals surface area contributed by atoms with Crippen LogP contribution in [0.1, 0.15) is 28.5 Å². The van der Waals surface area contributed by atoms with Crippen LogP contribution in [-0.4, -0.2) is 41.8 Å². The zero-order valence-corrected chi connectivity index (χ0v) is 15.9. The Morgan fingerprint density at radius 3 is 3.04 bits per heavy atom. The third-order valence-electron chi connectivity index (χ3n) is 3.71. The zero-order chi connectivity index (χ0) is 16.8. The van der Waals surface area contributed by atoms with Crippen LogP contribution in [0.4, 0.5) is 0 Å². The third kappa shape index (κ3) is 5.08. The van der Waals surface area contributed by atoms with Crippen LogP contribution in [0.3, 0.4) is 0 Å².